The van der Waals surface area contributed by atoms with Crippen molar-refractivity contribution in [2.75, 3.05) is 12.8 Å². The van der Waals surface area contributed by atoms with Gasteiger partial charge in [-0.25, -0.2) is 0 Å². The summed E-state index contributed by atoms with van der Waals surface area (Å²) in [7, 11) is 1.58. The van der Waals surface area contributed by atoms with Gasteiger partial charge in [-0.1, -0.05) is 12.1 Å². The number of carbonyl (C=O) groups is 1. The van der Waals surface area contributed by atoms with Crippen molar-refractivity contribution < 1.29 is 4.79 Å². The van der Waals surface area contributed by atoms with Gasteiger partial charge in [0.1, 0.15) is 0 Å². The van der Waals surface area contributed by atoms with E-state index in [0.29, 0.717) is 11.3 Å². The highest BCUT2D eigenvalue weighted by Crippen LogP contribution is 2.09. The molecule has 66 valence electrons. The molecule has 0 spiro atoms. The van der Waals surface area contributed by atoms with Gasteiger partial charge in [0.25, 0.3) is 5.91 Å². The number of benzene rings is 1. The number of hydrogen-bond donors (Lipinski definition) is 2. The number of carbonyl (C=O) groups excluding carboxylic acids is 1. The number of hydrogen-bond acceptors (Lipinski definition) is 2. The summed E-state index contributed by atoms with van der Waals surface area (Å²) in [6.45, 7) is 0. The highest BCUT2D eigenvalue weighted by molar-refractivity contribution is 5.98. The van der Waals surface area contributed by atoms with Gasteiger partial charge in [0.2, 0.25) is 0 Å². The molecule has 0 aliphatic heterocycles. The summed E-state index contributed by atoms with van der Waals surface area (Å²) in [5.41, 5.74) is 6.57. The molecule has 1 aromatic rings. The molecule has 0 bridgehead atoms. The van der Waals surface area contributed by atoms with Gasteiger partial charge >= 0.3 is 0 Å². The van der Waals surface area contributed by atoms with Crippen molar-refractivity contribution in [3.8, 4) is 0 Å². The van der Waals surface area contributed by atoms with Crippen molar-refractivity contribution in [3.63, 3.8) is 0 Å². The maximum atomic E-state index is 11.0. The highest BCUT2D eigenvalue weighted by atomic mass is 35.5. The Kier molecular flexibility index (Phi) is 4.15. The minimum absolute atomic E-state index is 0. The van der Waals surface area contributed by atoms with Crippen molar-refractivity contribution in [2.24, 2.45) is 0 Å². The molecule has 0 atom stereocenters. The van der Waals surface area contributed by atoms with Crippen LogP contribution < -0.4 is 11.1 Å². The topological polar surface area (TPSA) is 55.1 Å². The number of nitrogens with two attached hydrogens (primary N) is 1. The van der Waals surface area contributed by atoms with Crippen molar-refractivity contribution in [3.05, 3.63) is 29.8 Å². The zero-order valence-corrected chi connectivity index (χ0v) is 7.52. The fourth-order valence-electron chi connectivity index (χ4n) is 0.838. The van der Waals surface area contributed by atoms with E-state index in [1.54, 1.807) is 31.3 Å². The predicted molar refractivity (Wildman–Crippen MR) is 51.5 cm³/mol. The minimum Gasteiger partial charge on any atom is -0.398 e. The van der Waals surface area contributed by atoms with Gasteiger partial charge < -0.3 is 11.1 Å². The van der Waals surface area contributed by atoms with Gasteiger partial charge in [0, 0.05) is 12.7 Å². The molecule has 0 aliphatic rings. The lowest BCUT2D eigenvalue weighted by atomic mass is 10.2. The molecule has 1 amide bonds. The van der Waals surface area contributed by atoms with Crippen LogP contribution in [0, 0.1) is 0 Å². The maximum absolute atomic E-state index is 11.0. The van der Waals surface area contributed by atoms with Crippen molar-refractivity contribution in [1.82, 2.24) is 5.32 Å². The van der Waals surface area contributed by atoms with E-state index in [1.165, 1.54) is 0 Å². The summed E-state index contributed by atoms with van der Waals surface area (Å²) in [6, 6.07) is 6.96. The Balaban J connectivity index is 0.00000121. The molecule has 0 radical (unpaired) electrons. The summed E-state index contributed by atoms with van der Waals surface area (Å²) >= 11 is 0. The van der Waals surface area contributed by atoms with Crippen LogP contribution in [0.3, 0.4) is 0 Å². The number of amides is 1. The Morgan fingerprint density at radius 1 is 1.42 bits per heavy atom. The van der Waals surface area contributed by atoms with Crippen LogP contribution in [0.5, 0.6) is 0 Å². The first-order valence-electron chi connectivity index (χ1n) is 3.32. The first-order chi connectivity index (χ1) is 5.25. The summed E-state index contributed by atoms with van der Waals surface area (Å²) in [4.78, 5) is 11.0. The van der Waals surface area contributed by atoms with Gasteiger partial charge in [0.15, 0.2) is 0 Å². The van der Waals surface area contributed by atoms with E-state index in [1.807, 2.05) is 0 Å². The molecule has 0 fully saturated rings. The van der Waals surface area contributed by atoms with E-state index in [9.17, 15) is 4.79 Å². The van der Waals surface area contributed by atoms with Crippen LogP contribution in [0.1, 0.15) is 10.4 Å². The van der Waals surface area contributed by atoms with Crippen LogP contribution >= 0.6 is 12.4 Å². The molecule has 0 unspecified atom stereocenters. The lowest BCUT2D eigenvalue weighted by Crippen LogP contribution is -2.19. The number of nitrogen functional groups attached to an aromatic ring is 1. The van der Waals surface area contributed by atoms with Crippen LogP contribution in [0.2, 0.25) is 0 Å². The average molecular weight is 187 g/mol. The van der Waals surface area contributed by atoms with Crippen LogP contribution in [0.25, 0.3) is 0 Å². The lowest BCUT2D eigenvalue weighted by molar-refractivity contribution is 0.0964. The van der Waals surface area contributed by atoms with Crippen LogP contribution in [0.4, 0.5) is 5.69 Å². The standard InChI is InChI=1S/C8H10N2O.ClH/c1-10-8(11)6-4-2-3-5-7(6)9;/h2-5H,9H2,1H3,(H,10,11);1H. The number of halogens is 1. The number of para-hydroxylation sites is 1. The maximum Gasteiger partial charge on any atom is 0.253 e. The van der Waals surface area contributed by atoms with Crippen LogP contribution in [0.15, 0.2) is 24.3 Å². The van der Waals surface area contributed by atoms with Crippen molar-refractivity contribution in [1.29, 1.82) is 0 Å². The van der Waals surface area contributed by atoms with E-state index in [2.05, 4.69) is 5.32 Å². The highest BCUT2D eigenvalue weighted by Gasteiger charge is 2.04. The Hall–Kier alpha value is -1.22. The van der Waals surface area contributed by atoms with Gasteiger partial charge in [0.05, 0.1) is 5.56 Å². The van der Waals surface area contributed by atoms with Gasteiger partial charge in [-0.2, -0.15) is 0 Å². The normalized spacial score (nSPS) is 8.42. The molecule has 4 heteroatoms. The Morgan fingerprint density at radius 3 is 2.50 bits per heavy atom. The van der Waals surface area contributed by atoms with Crippen molar-refractivity contribution >= 4 is 24.0 Å². The zero-order valence-electron chi connectivity index (χ0n) is 6.70. The second-order valence-corrected chi connectivity index (χ2v) is 2.17. The largest absolute Gasteiger partial charge is 0.398 e. The molecule has 1 aromatic carbocycles. The Bertz CT molecular complexity index is 276. The number of nitrogens with one attached hydrogen (secondary N) is 1. The SMILES string of the molecule is CNC(=O)c1ccccc1N.Cl. The fraction of sp³-hybridized carbons (Fsp3) is 0.125. The first kappa shape index (κ1) is 10.8. The third-order valence-corrected chi connectivity index (χ3v) is 1.43. The predicted octanol–water partition coefficient (Wildman–Crippen LogP) is 1.05. The molecule has 0 saturated heterocycles. The van der Waals surface area contributed by atoms with Crippen molar-refractivity contribution in [2.45, 2.75) is 0 Å². The molecule has 1 rings (SSSR count). The molecular formula is C8H11ClN2O. The van der Waals surface area contributed by atoms with Crippen LogP contribution in [-0.4, -0.2) is 13.0 Å². The summed E-state index contributed by atoms with van der Waals surface area (Å²) in [6.07, 6.45) is 0. The third-order valence-electron chi connectivity index (χ3n) is 1.43. The second kappa shape index (κ2) is 4.62. The van der Waals surface area contributed by atoms with Crippen LogP contribution in [-0.2, 0) is 0 Å². The molecule has 0 heterocycles. The fourth-order valence-corrected chi connectivity index (χ4v) is 0.838. The first-order valence-corrected chi connectivity index (χ1v) is 3.32. The molecule has 3 N–H and O–H groups in total. The molecular weight excluding hydrogens is 176 g/mol. The Labute approximate surface area is 77.4 Å². The van der Waals surface area contributed by atoms with E-state index in [4.69, 9.17) is 5.73 Å². The van der Waals surface area contributed by atoms with Gasteiger partial charge in [-0.15, -0.1) is 12.4 Å². The van der Waals surface area contributed by atoms with E-state index < -0.39 is 0 Å². The van der Waals surface area contributed by atoms with E-state index in [0.717, 1.165) is 0 Å². The quantitative estimate of drug-likeness (QED) is 0.645. The molecule has 12 heavy (non-hydrogen) atoms. The summed E-state index contributed by atoms with van der Waals surface area (Å²) in [5, 5.41) is 2.50. The summed E-state index contributed by atoms with van der Waals surface area (Å²) < 4.78 is 0. The van der Waals surface area contributed by atoms with Gasteiger partial charge in [-0.3, -0.25) is 4.79 Å². The summed E-state index contributed by atoms with van der Waals surface area (Å²) in [5.74, 6) is -0.150. The molecule has 0 saturated carbocycles. The number of rotatable bonds is 1. The molecule has 0 aliphatic carbocycles. The number of anilines is 1. The minimum atomic E-state index is -0.150. The average Bonchev–Trinajstić information content (AvgIpc) is 2.04. The molecule has 3 nitrogen and oxygen atoms in total. The second-order valence-electron chi connectivity index (χ2n) is 2.17. The van der Waals surface area contributed by atoms with E-state index >= 15 is 0 Å². The monoisotopic (exact) mass is 186 g/mol. The van der Waals surface area contributed by atoms with Gasteiger partial charge in [-0.05, 0) is 12.1 Å². The molecule has 0 aromatic heterocycles. The zero-order chi connectivity index (χ0) is 8.27. The smallest absolute Gasteiger partial charge is 0.253 e. The lowest BCUT2D eigenvalue weighted by Gasteiger charge is -2.01. The Morgan fingerprint density at radius 2 is 2.00 bits per heavy atom. The third kappa shape index (κ3) is 2.13. The van der Waals surface area contributed by atoms with E-state index in [-0.39, 0.29) is 18.3 Å².